The van der Waals surface area contributed by atoms with Gasteiger partial charge in [-0.15, -0.1) is 0 Å². The highest BCUT2D eigenvalue weighted by Crippen LogP contribution is 2.51. The Labute approximate surface area is 211 Å². The van der Waals surface area contributed by atoms with Gasteiger partial charge in [0.1, 0.15) is 0 Å². The lowest BCUT2D eigenvalue weighted by atomic mass is 9.58. The van der Waals surface area contributed by atoms with Crippen LogP contribution in [0.5, 0.6) is 0 Å². The highest BCUT2D eigenvalue weighted by Gasteiger charge is 2.41. The van der Waals surface area contributed by atoms with Gasteiger partial charge in [0, 0.05) is 6.42 Å². The first-order valence-corrected chi connectivity index (χ1v) is 13.9. The summed E-state index contributed by atoms with van der Waals surface area (Å²) in [6.07, 6.45) is 10.3. The van der Waals surface area contributed by atoms with E-state index >= 15 is 0 Å². The average Bonchev–Trinajstić information content (AvgIpc) is 2.83. The molecule has 1 saturated carbocycles. The van der Waals surface area contributed by atoms with Crippen molar-refractivity contribution >= 4 is 11.9 Å². The molecule has 0 aliphatic heterocycles. The van der Waals surface area contributed by atoms with E-state index in [2.05, 4.69) is 62.0 Å². The number of hydrogen-bond acceptors (Lipinski definition) is 1. The van der Waals surface area contributed by atoms with Gasteiger partial charge in [-0.05, 0) is 84.2 Å². The Bertz CT molecular complexity index is 805. The number of allylic oxidation sites excluding steroid dienone is 2. The van der Waals surface area contributed by atoms with E-state index in [4.69, 9.17) is 0 Å². The molecule has 4 unspecified atom stereocenters. The molecule has 0 aromatic heterocycles. The zero-order valence-electron chi connectivity index (χ0n) is 23.4. The lowest BCUT2D eigenvalue weighted by molar-refractivity contribution is -0.116. The van der Waals surface area contributed by atoms with Gasteiger partial charge in [-0.25, -0.2) is 0 Å². The van der Waals surface area contributed by atoms with Crippen LogP contribution in [0.2, 0.25) is 0 Å². The second-order valence-electron chi connectivity index (χ2n) is 12.2. The van der Waals surface area contributed by atoms with Crippen molar-refractivity contribution in [2.45, 2.75) is 93.9 Å². The molecule has 190 valence electrons. The SMILES string of the molecule is C=C(CCC(C)C(C)C(C)C(C)CC)[C@@]1(C)C[C@@H](CC(=O)/C=C/c2ccccc2)[C@H](C)[C@H](C)C1. The maximum Gasteiger partial charge on any atom is 0.155 e. The maximum absolute atomic E-state index is 12.8. The fourth-order valence-corrected chi connectivity index (χ4v) is 6.21. The van der Waals surface area contributed by atoms with E-state index in [0.717, 1.165) is 36.2 Å². The minimum absolute atomic E-state index is 0.144. The summed E-state index contributed by atoms with van der Waals surface area (Å²) in [5.41, 5.74) is 2.65. The Balaban J connectivity index is 1.98. The topological polar surface area (TPSA) is 17.1 Å². The number of carbonyl (C=O) groups excluding carboxylic acids is 1. The van der Waals surface area contributed by atoms with E-state index in [-0.39, 0.29) is 11.2 Å². The van der Waals surface area contributed by atoms with Crippen molar-refractivity contribution in [1.29, 1.82) is 0 Å². The van der Waals surface area contributed by atoms with Crippen LogP contribution >= 0.6 is 0 Å². The van der Waals surface area contributed by atoms with Crippen LogP contribution in [0.3, 0.4) is 0 Å². The summed E-state index contributed by atoms with van der Waals surface area (Å²) in [7, 11) is 0. The highest BCUT2D eigenvalue weighted by atomic mass is 16.1. The monoisotopic (exact) mass is 464 g/mol. The predicted octanol–water partition coefficient (Wildman–Crippen LogP) is 9.64. The molecule has 2 rings (SSSR count). The largest absolute Gasteiger partial charge is 0.295 e. The summed E-state index contributed by atoms with van der Waals surface area (Å²) in [6, 6.07) is 10.1. The normalized spacial score (nSPS) is 28.9. The Morgan fingerprint density at radius 2 is 1.68 bits per heavy atom. The number of hydrogen-bond donors (Lipinski definition) is 0. The molecule has 1 aromatic rings. The molecular formula is C33H52O. The first-order valence-electron chi connectivity index (χ1n) is 13.9. The van der Waals surface area contributed by atoms with Gasteiger partial charge in [-0.1, -0.05) is 110 Å². The highest BCUT2D eigenvalue weighted by molar-refractivity contribution is 5.93. The molecular weight excluding hydrogens is 412 g/mol. The van der Waals surface area contributed by atoms with E-state index in [1.807, 2.05) is 36.4 Å². The van der Waals surface area contributed by atoms with E-state index in [1.54, 1.807) is 6.08 Å². The zero-order chi connectivity index (χ0) is 25.5. The molecule has 34 heavy (non-hydrogen) atoms. The van der Waals surface area contributed by atoms with Gasteiger partial charge in [-0.3, -0.25) is 4.79 Å². The van der Waals surface area contributed by atoms with Crippen molar-refractivity contribution in [3.8, 4) is 0 Å². The van der Waals surface area contributed by atoms with Crippen molar-refractivity contribution in [2.24, 2.45) is 46.8 Å². The molecule has 0 amide bonds. The molecule has 0 bridgehead atoms. The minimum Gasteiger partial charge on any atom is -0.295 e. The van der Waals surface area contributed by atoms with E-state index < -0.39 is 0 Å². The van der Waals surface area contributed by atoms with Gasteiger partial charge in [0.25, 0.3) is 0 Å². The van der Waals surface area contributed by atoms with Crippen molar-refractivity contribution in [3.63, 3.8) is 0 Å². The first kappa shape index (κ1) is 28.6. The van der Waals surface area contributed by atoms with Gasteiger partial charge in [0.2, 0.25) is 0 Å². The van der Waals surface area contributed by atoms with E-state index in [0.29, 0.717) is 30.1 Å². The standard InChI is InChI=1S/C33H52O/c1-10-23(2)27(6)28(7)24(3)16-17-26(5)33(9)21-25(4)29(8)31(22-33)20-32(34)19-18-30-14-12-11-13-15-30/h11-15,18-19,23-25,27-29,31H,5,10,16-17,20-22H2,1-4,6-9H3/b19-18+/t23?,24?,25-,27?,28?,29-,31-,33-/m1/s1. The Kier molecular flexibility index (Phi) is 10.8. The molecule has 8 atom stereocenters. The number of rotatable bonds is 12. The molecule has 0 heterocycles. The third-order valence-corrected chi connectivity index (χ3v) is 9.87. The molecule has 0 saturated heterocycles. The molecule has 1 aliphatic rings. The van der Waals surface area contributed by atoms with Gasteiger partial charge in [-0.2, -0.15) is 0 Å². The second-order valence-corrected chi connectivity index (χ2v) is 12.2. The summed E-state index contributed by atoms with van der Waals surface area (Å²) in [6.45, 7) is 23.8. The van der Waals surface area contributed by atoms with Crippen LogP contribution in [0, 0.1) is 46.8 Å². The lowest BCUT2D eigenvalue weighted by Gasteiger charge is -2.47. The molecule has 1 aromatic carbocycles. The number of carbonyl (C=O) groups is 1. The van der Waals surface area contributed by atoms with Gasteiger partial charge in [0.15, 0.2) is 5.78 Å². The van der Waals surface area contributed by atoms with Crippen LogP contribution in [-0.2, 0) is 4.79 Å². The summed E-state index contributed by atoms with van der Waals surface area (Å²) in [5, 5.41) is 0. The molecule has 0 radical (unpaired) electrons. The first-order chi connectivity index (χ1) is 16.0. The van der Waals surface area contributed by atoms with Crippen LogP contribution in [0.25, 0.3) is 6.08 Å². The fraction of sp³-hybridized carbons (Fsp3) is 0.667. The quantitative estimate of drug-likeness (QED) is 0.222. The maximum atomic E-state index is 12.8. The lowest BCUT2D eigenvalue weighted by Crippen LogP contribution is -2.38. The molecule has 1 aliphatic carbocycles. The average molecular weight is 465 g/mol. The molecule has 1 heteroatoms. The summed E-state index contributed by atoms with van der Waals surface area (Å²) >= 11 is 0. The Hall–Kier alpha value is -1.63. The van der Waals surface area contributed by atoms with Gasteiger partial charge >= 0.3 is 0 Å². The summed E-state index contributed by atoms with van der Waals surface area (Å²) in [5.74, 6) is 4.88. The van der Waals surface area contributed by atoms with E-state index in [1.165, 1.54) is 24.8 Å². The second kappa shape index (κ2) is 12.9. The zero-order valence-corrected chi connectivity index (χ0v) is 23.4. The number of ketones is 1. The van der Waals surface area contributed by atoms with Crippen molar-refractivity contribution in [1.82, 2.24) is 0 Å². The third-order valence-electron chi connectivity index (χ3n) is 9.87. The van der Waals surface area contributed by atoms with Crippen LogP contribution < -0.4 is 0 Å². The Morgan fingerprint density at radius 1 is 1.06 bits per heavy atom. The predicted molar refractivity (Wildman–Crippen MR) is 150 cm³/mol. The molecule has 0 N–H and O–H groups in total. The van der Waals surface area contributed by atoms with E-state index in [9.17, 15) is 4.79 Å². The van der Waals surface area contributed by atoms with Crippen molar-refractivity contribution in [3.05, 3.63) is 54.1 Å². The van der Waals surface area contributed by atoms with Gasteiger partial charge < -0.3 is 0 Å². The smallest absolute Gasteiger partial charge is 0.155 e. The molecule has 1 fully saturated rings. The summed E-state index contributed by atoms with van der Waals surface area (Å²) < 4.78 is 0. The number of benzene rings is 1. The Morgan fingerprint density at radius 3 is 2.29 bits per heavy atom. The minimum atomic E-state index is 0.144. The molecule has 0 spiro atoms. The van der Waals surface area contributed by atoms with Crippen molar-refractivity contribution < 1.29 is 4.79 Å². The molecule has 1 nitrogen and oxygen atoms in total. The van der Waals surface area contributed by atoms with Crippen LogP contribution in [-0.4, -0.2) is 5.78 Å². The van der Waals surface area contributed by atoms with Gasteiger partial charge in [0.05, 0.1) is 0 Å². The van der Waals surface area contributed by atoms with Crippen LogP contribution in [0.4, 0.5) is 0 Å². The third kappa shape index (κ3) is 7.69. The summed E-state index contributed by atoms with van der Waals surface area (Å²) in [4.78, 5) is 12.8. The fourth-order valence-electron chi connectivity index (χ4n) is 6.21. The van der Waals surface area contributed by atoms with Crippen LogP contribution in [0.15, 0.2) is 48.6 Å². The van der Waals surface area contributed by atoms with Crippen LogP contribution in [0.1, 0.15) is 99.5 Å². The van der Waals surface area contributed by atoms with Crippen molar-refractivity contribution in [2.75, 3.05) is 0 Å².